The number of nitrogens with one attached hydrogen (secondary N) is 1. The molecule has 0 saturated carbocycles. The van der Waals surface area contributed by atoms with Crippen LogP contribution in [-0.2, 0) is 9.53 Å². The number of ether oxygens (including phenoxy) is 2. The van der Waals surface area contributed by atoms with Crippen molar-refractivity contribution in [2.75, 3.05) is 23.4 Å². The van der Waals surface area contributed by atoms with E-state index in [4.69, 9.17) is 15.9 Å². The number of rotatable bonds is 2. The SMILES string of the molecule is C#CCN1C(=O)COc2ccc(NC(=O)OC(C)(C)C)cc21. The Morgan fingerprint density at radius 2 is 2.23 bits per heavy atom. The number of carbonyl (C=O) groups is 2. The van der Waals surface area contributed by atoms with Crippen molar-refractivity contribution in [3.05, 3.63) is 18.2 Å². The number of carbonyl (C=O) groups excluding carboxylic acids is 2. The predicted octanol–water partition coefficient (Wildman–Crippen LogP) is 2.39. The average Bonchev–Trinajstić information content (AvgIpc) is 2.40. The zero-order valence-corrected chi connectivity index (χ0v) is 12.8. The van der Waals surface area contributed by atoms with Crippen LogP contribution in [-0.4, -0.2) is 30.8 Å². The van der Waals surface area contributed by atoms with Crippen LogP contribution >= 0.6 is 0 Å². The van der Waals surface area contributed by atoms with Gasteiger partial charge in [0.05, 0.1) is 12.2 Å². The van der Waals surface area contributed by atoms with Gasteiger partial charge in [0.25, 0.3) is 5.91 Å². The van der Waals surface area contributed by atoms with Gasteiger partial charge in [-0.05, 0) is 39.0 Å². The van der Waals surface area contributed by atoms with Crippen molar-refractivity contribution in [2.45, 2.75) is 26.4 Å². The van der Waals surface area contributed by atoms with E-state index in [0.29, 0.717) is 17.1 Å². The molecular weight excluding hydrogens is 284 g/mol. The first-order chi connectivity index (χ1) is 10.3. The Labute approximate surface area is 129 Å². The van der Waals surface area contributed by atoms with Crippen LogP contribution in [0.4, 0.5) is 16.2 Å². The molecule has 0 aliphatic carbocycles. The van der Waals surface area contributed by atoms with Crippen LogP contribution in [0.25, 0.3) is 0 Å². The minimum absolute atomic E-state index is 0.0481. The molecule has 0 saturated heterocycles. The molecule has 1 aliphatic rings. The second-order valence-corrected chi connectivity index (χ2v) is 5.78. The van der Waals surface area contributed by atoms with Gasteiger partial charge in [-0.15, -0.1) is 6.42 Å². The molecule has 0 radical (unpaired) electrons. The van der Waals surface area contributed by atoms with Crippen LogP contribution in [0.3, 0.4) is 0 Å². The van der Waals surface area contributed by atoms with E-state index in [2.05, 4.69) is 11.2 Å². The summed E-state index contributed by atoms with van der Waals surface area (Å²) >= 11 is 0. The van der Waals surface area contributed by atoms with Crippen molar-refractivity contribution in [1.29, 1.82) is 0 Å². The van der Waals surface area contributed by atoms with Crippen molar-refractivity contribution in [3.63, 3.8) is 0 Å². The van der Waals surface area contributed by atoms with E-state index in [0.717, 1.165) is 0 Å². The Hall–Kier alpha value is -2.68. The number of amides is 2. The monoisotopic (exact) mass is 302 g/mol. The van der Waals surface area contributed by atoms with E-state index in [-0.39, 0.29) is 19.1 Å². The summed E-state index contributed by atoms with van der Waals surface area (Å²) in [4.78, 5) is 25.1. The average molecular weight is 302 g/mol. The molecule has 6 heteroatoms. The fourth-order valence-corrected chi connectivity index (χ4v) is 1.97. The van der Waals surface area contributed by atoms with Gasteiger partial charge in [-0.3, -0.25) is 15.0 Å². The summed E-state index contributed by atoms with van der Waals surface area (Å²) < 4.78 is 10.5. The number of hydrogen-bond donors (Lipinski definition) is 1. The summed E-state index contributed by atoms with van der Waals surface area (Å²) in [5.41, 5.74) is 0.434. The summed E-state index contributed by atoms with van der Waals surface area (Å²) in [6.07, 6.45) is 4.72. The molecule has 116 valence electrons. The lowest BCUT2D eigenvalue weighted by molar-refractivity contribution is -0.121. The zero-order valence-electron chi connectivity index (χ0n) is 12.8. The Morgan fingerprint density at radius 3 is 2.86 bits per heavy atom. The van der Waals surface area contributed by atoms with Crippen molar-refractivity contribution in [1.82, 2.24) is 0 Å². The molecule has 2 amide bonds. The Balaban J connectivity index is 2.21. The van der Waals surface area contributed by atoms with E-state index in [1.807, 2.05) is 0 Å². The van der Waals surface area contributed by atoms with Crippen LogP contribution in [0.2, 0.25) is 0 Å². The molecule has 0 bridgehead atoms. The number of terminal acetylenes is 1. The van der Waals surface area contributed by atoms with E-state index in [1.165, 1.54) is 4.90 Å². The third-order valence-electron chi connectivity index (χ3n) is 2.80. The van der Waals surface area contributed by atoms with Crippen molar-refractivity contribution in [2.24, 2.45) is 0 Å². The highest BCUT2D eigenvalue weighted by atomic mass is 16.6. The highest BCUT2D eigenvalue weighted by Crippen LogP contribution is 2.34. The number of hydrogen-bond acceptors (Lipinski definition) is 4. The van der Waals surface area contributed by atoms with Crippen LogP contribution in [0.1, 0.15) is 20.8 Å². The maximum atomic E-state index is 11.9. The van der Waals surface area contributed by atoms with E-state index in [9.17, 15) is 9.59 Å². The molecule has 1 N–H and O–H groups in total. The van der Waals surface area contributed by atoms with Gasteiger partial charge in [0.2, 0.25) is 0 Å². The lowest BCUT2D eigenvalue weighted by Crippen LogP contribution is -2.39. The molecule has 1 aliphatic heterocycles. The molecular formula is C16H18N2O4. The highest BCUT2D eigenvalue weighted by Gasteiger charge is 2.25. The second-order valence-electron chi connectivity index (χ2n) is 5.78. The molecule has 0 spiro atoms. The summed E-state index contributed by atoms with van der Waals surface area (Å²) in [6.45, 7) is 5.43. The van der Waals surface area contributed by atoms with E-state index >= 15 is 0 Å². The molecule has 0 atom stereocenters. The van der Waals surface area contributed by atoms with Gasteiger partial charge >= 0.3 is 6.09 Å². The zero-order chi connectivity index (χ0) is 16.3. The first-order valence-corrected chi connectivity index (χ1v) is 6.81. The molecule has 1 aromatic carbocycles. The first kappa shape index (κ1) is 15.7. The summed E-state index contributed by atoms with van der Waals surface area (Å²) in [5.74, 6) is 2.76. The van der Waals surface area contributed by atoms with Gasteiger partial charge < -0.3 is 9.47 Å². The maximum absolute atomic E-state index is 11.9. The number of nitrogens with zero attached hydrogens (tertiary/aromatic N) is 1. The van der Waals surface area contributed by atoms with Crippen LogP contribution in [0, 0.1) is 12.3 Å². The molecule has 6 nitrogen and oxygen atoms in total. The van der Waals surface area contributed by atoms with Crippen LogP contribution in [0.15, 0.2) is 18.2 Å². The molecule has 1 aromatic rings. The van der Waals surface area contributed by atoms with Crippen molar-refractivity contribution < 1.29 is 19.1 Å². The Morgan fingerprint density at radius 1 is 1.50 bits per heavy atom. The van der Waals surface area contributed by atoms with Gasteiger partial charge in [0, 0.05) is 5.69 Å². The minimum Gasteiger partial charge on any atom is -0.482 e. The minimum atomic E-state index is -0.590. The van der Waals surface area contributed by atoms with Gasteiger partial charge in [0.15, 0.2) is 6.61 Å². The number of benzene rings is 1. The second kappa shape index (κ2) is 5.98. The first-order valence-electron chi connectivity index (χ1n) is 6.81. The quantitative estimate of drug-likeness (QED) is 0.852. The molecule has 0 unspecified atom stereocenters. The largest absolute Gasteiger partial charge is 0.482 e. The fraction of sp³-hybridized carbons (Fsp3) is 0.375. The summed E-state index contributed by atoms with van der Waals surface area (Å²) in [5, 5.41) is 2.62. The smallest absolute Gasteiger partial charge is 0.412 e. The predicted molar refractivity (Wildman–Crippen MR) is 83.0 cm³/mol. The highest BCUT2D eigenvalue weighted by molar-refractivity contribution is 5.99. The van der Waals surface area contributed by atoms with E-state index < -0.39 is 11.7 Å². The summed E-state index contributed by atoms with van der Waals surface area (Å²) in [6, 6.07) is 4.98. The van der Waals surface area contributed by atoms with E-state index in [1.54, 1.807) is 39.0 Å². The number of anilines is 2. The van der Waals surface area contributed by atoms with Gasteiger partial charge in [-0.2, -0.15) is 0 Å². The lowest BCUT2D eigenvalue weighted by Gasteiger charge is -2.28. The molecule has 1 heterocycles. The van der Waals surface area contributed by atoms with Crippen LogP contribution < -0.4 is 15.0 Å². The van der Waals surface area contributed by atoms with Crippen molar-refractivity contribution >= 4 is 23.4 Å². The maximum Gasteiger partial charge on any atom is 0.412 e. The normalized spacial score (nSPS) is 13.7. The third-order valence-corrected chi connectivity index (χ3v) is 2.80. The topological polar surface area (TPSA) is 67.9 Å². The van der Waals surface area contributed by atoms with Gasteiger partial charge in [0.1, 0.15) is 11.4 Å². The molecule has 22 heavy (non-hydrogen) atoms. The Bertz CT molecular complexity index is 641. The molecule has 0 fully saturated rings. The Kier molecular flexibility index (Phi) is 4.27. The van der Waals surface area contributed by atoms with Crippen LogP contribution in [0.5, 0.6) is 5.75 Å². The lowest BCUT2D eigenvalue weighted by atomic mass is 10.2. The van der Waals surface area contributed by atoms with Gasteiger partial charge in [-0.1, -0.05) is 5.92 Å². The summed E-state index contributed by atoms with van der Waals surface area (Å²) in [7, 11) is 0. The molecule has 2 rings (SSSR count). The number of fused-ring (bicyclic) bond motifs is 1. The van der Waals surface area contributed by atoms with Crippen molar-refractivity contribution in [3.8, 4) is 18.1 Å². The molecule has 0 aromatic heterocycles. The standard InChI is InChI=1S/C16H18N2O4/c1-5-8-18-12-9-11(17-15(20)22-16(2,3)4)6-7-13(12)21-10-14(18)19/h1,6-7,9H,8,10H2,2-4H3,(H,17,20). The fourth-order valence-electron chi connectivity index (χ4n) is 1.97. The van der Waals surface area contributed by atoms with Gasteiger partial charge in [-0.25, -0.2) is 4.79 Å². The third kappa shape index (κ3) is 3.70.